The van der Waals surface area contributed by atoms with Crippen LogP contribution in [-0.4, -0.2) is 73.8 Å². The molecule has 1 aliphatic rings. The molecule has 0 radical (unpaired) electrons. The first kappa shape index (κ1) is 25.6. The Labute approximate surface area is 221 Å². The molecule has 198 valence electrons. The highest BCUT2D eigenvalue weighted by Crippen LogP contribution is 2.24. The van der Waals surface area contributed by atoms with Crippen molar-refractivity contribution in [3.05, 3.63) is 69.0 Å². The Morgan fingerprint density at radius 2 is 1.84 bits per heavy atom. The van der Waals surface area contributed by atoms with E-state index in [1.54, 1.807) is 51.9 Å². The second kappa shape index (κ2) is 10.4. The summed E-state index contributed by atoms with van der Waals surface area (Å²) in [6, 6.07) is 7.84. The Bertz CT molecular complexity index is 1580. The second-order valence-electron chi connectivity index (χ2n) is 9.03. The predicted molar refractivity (Wildman–Crippen MR) is 140 cm³/mol. The standard InChI is InChI=1S/C26H27FN6O4S/c1-4-37-26(36)31-10-8-30(9-11-31)22(34)14-20-15-38-25-28-17(3)23(24(35)32(20)25)21-12-16(2)33(29-21)19-7-5-6-18(27)13-19/h5-7,12-13,15H,4,8-11,14H2,1-3H3. The fourth-order valence-electron chi connectivity index (χ4n) is 4.61. The monoisotopic (exact) mass is 538 g/mol. The Kier molecular flexibility index (Phi) is 6.98. The maximum atomic E-state index is 13.8. The summed E-state index contributed by atoms with van der Waals surface area (Å²) in [6.45, 7) is 7.22. The molecule has 0 bridgehead atoms. The van der Waals surface area contributed by atoms with Gasteiger partial charge in [0.05, 0.1) is 30.0 Å². The van der Waals surface area contributed by atoms with Crippen LogP contribution in [0, 0.1) is 19.7 Å². The molecule has 1 saturated heterocycles. The minimum absolute atomic E-state index is 0.0280. The van der Waals surface area contributed by atoms with Crippen molar-refractivity contribution < 1.29 is 18.7 Å². The highest BCUT2D eigenvalue weighted by Gasteiger charge is 2.26. The number of amides is 2. The third-order valence-corrected chi connectivity index (χ3v) is 7.38. The lowest BCUT2D eigenvalue weighted by Crippen LogP contribution is -2.51. The van der Waals surface area contributed by atoms with E-state index in [2.05, 4.69) is 10.1 Å². The lowest BCUT2D eigenvalue weighted by atomic mass is 10.1. The SMILES string of the molecule is CCOC(=O)N1CCN(C(=O)Cc2csc3nc(C)c(-c4cc(C)n(-c5cccc(F)c5)n4)c(=O)n23)CC1. The van der Waals surface area contributed by atoms with Gasteiger partial charge in [0.15, 0.2) is 4.96 Å². The maximum Gasteiger partial charge on any atom is 0.409 e. The minimum Gasteiger partial charge on any atom is -0.450 e. The molecule has 38 heavy (non-hydrogen) atoms. The van der Waals surface area contributed by atoms with Crippen LogP contribution >= 0.6 is 11.3 Å². The third-order valence-electron chi connectivity index (χ3n) is 6.51. The molecule has 0 saturated carbocycles. The van der Waals surface area contributed by atoms with Crippen LogP contribution < -0.4 is 5.56 Å². The van der Waals surface area contributed by atoms with E-state index in [1.807, 2.05) is 6.92 Å². The predicted octanol–water partition coefficient (Wildman–Crippen LogP) is 3.21. The number of hydrogen-bond donors (Lipinski definition) is 0. The molecular weight excluding hydrogens is 511 g/mol. The molecule has 1 aliphatic heterocycles. The van der Waals surface area contributed by atoms with E-state index in [1.165, 1.54) is 27.9 Å². The Hall–Kier alpha value is -4.06. The van der Waals surface area contributed by atoms with Crippen LogP contribution in [-0.2, 0) is 16.0 Å². The Morgan fingerprint density at radius 3 is 2.55 bits per heavy atom. The first-order valence-electron chi connectivity index (χ1n) is 12.3. The number of aromatic nitrogens is 4. The molecular formula is C26H27FN6O4S. The van der Waals surface area contributed by atoms with Gasteiger partial charge in [0.2, 0.25) is 5.91 Å². The first-order valence-corrected chi connectivity index (χ1v) is 13.2. The van der Waals surface area contributed by atoms with E-state index in [9.17, 15) is 18.8 Å². The smallest absolute Gasteiger partial charge is 0.409 e. The van der Waals surface area contributed by atoms with E-state index in [0.29, 0.717) is 66.1 Å². The lowest BCUT2D eigenvalue weighted by Gasteiger charge is -2.34. The van der Waals surface area contributed by atoms with E-state index >= 15 is 0 Å². The van der Waals surface area contributed by atoms with Gasteiger partial charge >= 0.3 is 6.09 Å². The molecule has 3 aromatic heterocycles. The van der Waals surface area contributed by atoms with E-state index in [-0.39, 0.29) is 29.8 Å². The van der Waals surface area contributed by atoms with Crippen LogP contribution in [0.5, 0.6) is 0 Å². The van der Waals surface area contributed by atoms with E-state index < -0.39 is 0 Å². The molecule has 0 unspecified atom stereocenters. The average Bonchev–Trinajstić information content (AvgIpc) is 3.47. The fraction of sp³-hybridized carbons (Fsp3) is 0.346. The number of carbonyl (C=O) groups excluding carboxylic acids is 2. The number of halogens is 1. The van der Waals surface area contributed by atoms with E-state index in [0.717, 1.165) is 5.69 Å². The number of ether oxygens (including phenoxy) is 1. The molecule has 12 heteroatoms. The number of hydrogen-bond acceptors (Lipinski definition) is 7. The fourth-order valence-corrected chi connectivity index (χ4v) is 5.54. The lowest BCUT2D eigenvalue weighted by molar-refractivity contribution is -0.132. The quantitative estimate of drug-likeness (QED) is 0.387. The van der Waals surface area contributed by atoms with Gasteiger partial charge in [0.25, 0.3) is 5.56 Å². The molecule has 0 aliphatic carbocycles. The van der Waals surface area contributed by atoms with Crippen molar-refractivity contribution in [1.82, 2.24) is 29.0 Å². The van der Waals surface area contributed by atoms with Gasteiger partial charge in [-0.1, -0.05) is 6.07 Å². The summed E-state index contributed by atoms with van der Waals surface area (Å²) < 4.78 is 21.9. The zero-order valence-electron chi connectivity index (χ0n) is 21.3. The summed E-state index contributed by atoms with van der Waals surface area (Å²) in [7, 11) is 0. The maximum absolute atomic E-state index is 13.8. The molecule has 1 fully saturated rings. The number of nitrogens with zero attached hydrogens (tertiary/aromatic N) is 6. The summed E-state index contributed by atoms with van der Waals surface area (Å²) in [5, 5.41) is 6.36. The van der Waals surface area contributed by atoms with Crippen molar-refractivity contribution >= 4 is 28.3 Å². The second-order valence-corrected chi connectivity index (χ2v) is 9.87. The number of benzene rings is 1. The zero-order valence-corrected chi connectivity index (χ0v) is 22.1. The Balaban J connectivity index is 1.42. The van der Waals surface area contributed by atoms with Crippen LogP contribution in [0.25, 0.3) is 21.9 Å². The largest absolute Gasteiger partial charge is 0.450 e. The van der Waals surface area contributed by atoms with Gasteiger partial charge < -0.3 is 14.5 Å². The van der Waals surface area contributed by atoms with Crippen LogP contribution in [0.3, 0.4) is 0 Å². The van der Waals surface area contributed by atoms with Crippen LogP contribution in [0.4, 0.5) is 9.18 Å². The van der Waals surface area contributed by atoms with Crippen molar-refractivity contribution in [1.29, 1.82) is 0 Å². The molecule has 0 spiro atoms. The normalized spacial score (nSPS) is 13.8. The highest BCUT2D eigenvalue weighted by atomic mass is 32.1. The number of fused-ring (bicyclic) bond motifs is 1. The third kappa shape index (κ3) is 4.78. The molecule has 5 rings (SSSR count). The Morgan fingerprint density at radius 1 is 1.11 bits per heavy atom. The van der Waals surface area contributed by atoms with Crippen LogP contribution in [0.15, 0.2) is 40.5 Å². The number of rotatable bonds is 5. The summed E-state index contributed by atoms with van der Waals surface area (Å²) in [4.78, 5) is 47.1. The van der Waals surface area contributed by atoms with Gasteiger partial charge in [-0.15, -0.1) is 11.3 Å². The minimum atomic E-state index is -0.381. The molecule has 10 nitrogen and oxygen atoms in total. The molecule has 0 N–H and O–H groups in total. The van der Waals surface area contributed by atoms with Gasteiger partial charge in [-0.2, -0.15) is 5.10 Å². The van der Waals surface area contributed by atoms with Crippen molar-refractivity contribution in [3.63, 3.8) is 0 Å². The van der Waals surface area contributed by atoms with E-state index in [4.69, 9.17) is 4.74 Å². The molecule has 1 aromatic carbocycles. The van der Waals surface area contributed by atoms with Crippen LogP contribution in [0.1, 0.15) is 24.0 Å². The first-order chi connectivity index (χ1) is 18.3. The van der Waals surface area contributed by atoms with Crippen molar-refractivity contribution in [2.45, 2.75) is 27.2 Å². The van der Waals surface area contributed by atoms with Crippen LogP contribution in [0.2, 0.25) is 0 Å². The topological polar surface area (TPSA) is 102 Å². The van der Waals surface area contributed by atoms with Gasteiger partial charge in [-0.25, -0.2) is 18.9 Å². The summed E-state index contributed by atoms with van der Waals surface area (Å²) in [5.41, 5.74) is 2.79. The van der Waals surface area contributed by atoms with Crippen molar-refractivity contribution in [3.8, 4) is 16.9 Å². The summed E-state index contributed by atoms with van der Waals surface area (Å²) in [6.07, 6.45) is -0.348. The van der Waals surface area contributed by atoms with Crippen molar-refractivity contribution in [2.24, 2.45) is 0 Å². The van der Waals surface area contributed by atoms with Gasteiger partial charge in [-0.3, -0.25) is 14.0 Å². The number of thiazole rings is 1. The molecule has 4 heterocycles. The number of carbonyl (C=O) groups is 2. The van der Waals surface area contributed by atoms with Gasteiger partial charge in [0, 0.05) is 42.9 Å². The molecule has 4 aromatic rings. The molecule has 0 atom stereocenters. The highest BCUT2D eigenvalue weighted by molar-refractivity contribution is 7.15. The summed E-state index contributed by atoms with van der Waals surface area (Å²) >= 11 is 1.30. The van der Waals surface area contributed by atoms with Crippen molar-refractivity contribution in [2.75, 3.05) is 32.8 Å². The average molecular weight is 539 g/mol. The number of piperazine rings is 1. The van der Waals surface area contributed by atoms with Gasteiger partial charge in [0.1, 0.15) is 11.5 Å². The van der Waals surface area contributed by atoms with Gasteiger partial charge in [-0.05, 0) is 45.0 Å². The summed E-state index contributed by atoms with van der Waals surface area (Å²) in [5.74, 6) is -0.512. The molecule has 2 amide bonds. The zero-order chi connectivity index (χ0) is 27.0. The number of aryl methyl sites for hydroxylation is 2.